The third-order valence-electron chi connectivity index (χ3n) is 2.59. The Balaban J connectivity index is 2.62. The molecular formula is C12H10N2S. The smallest absolute Gasteiger partial charge is 0.0819 e. The van der Waals surface area contributed by atoms with Gasteiger partial charge in [0.05, 0.1) is 21.2 Å². The first-order valence-electron chi connectivity index (χ1n) is 4.86. The molecule has 0 bridgehead atoms. The highest BCUT2D eigenvalue weighted by Gasteiger charge is 2.06. The van der Waals surface area contributed by atoms with Crippen molar-refractivity contribution >= 4 is 32.5 Å². The molecule has 0 aliphatic carbocycles. The van der Waals surface area contributed by atoms with Crippen molar-refractivity contribution in [2.45, 2.75) is 13.8 Å². The quantitative estimate of drug-likeness (QED) is 0.572. The van der Waals surface area contributed by atoms with Crippen molar-refractivity contribution in [3.63, 3.8) is 0 Å². The van der Waals surface area contributed by atoms with Crippen LogP contribution in [0.15, 0.2) is 23.7 Å². The molecule has 0 N–H and O–H groups in total. The minimum Gasteiger partial charge on any atom is -0.253 e. The molecule has 2 aromatic heterocycles. The Morgan fingerprint density at radius 2 is 1.93 bits per heavy atom. The lowest BCUT2D eigenvalue weighted by Gasteiger charge is -2.03. The van der Waals surface area contributed by atoms with Gasteiger partial charge in [0.25, 0.3) is 0 Å². The number of hydrogen-bond donors (Lipinski definition) is 0. The van der Waals surface area contributed by atoms with Gasteiger partial charge >= 0.3 is 0 Å². The SMILES string of the molecule is Cc1cc(C)c2c(ccc3ncsc32)n1. The average molecular weight is 214 g/mol. The highest BCUT2D eigenvalue weighted by molar-refractivity contribution is 7.17. The molecule has 1 aromatic carbocycles. The first-order chi connectivity index (χ1) is 7.25. The van der Waals surface area contributed by atoms with Crippen molar-refractivity contribution < 1.29 is 0 Å². The van der Waals surface area contributed by atoms with E-state index in [9.17, 15) is 0 Å². The van der Waals surface area contributed by atoms with E-state index in [2.05, 4.69) is 29.0 Å². The molecule has 15 heavy (non-hydrogen) atoms. The monoisotopic (exact) mass is 214 g/mol. The van der Waals surface area contributed by atoms with Crippen LogP contribution in [0.1, 0.15) is 11.3 Å². The molecule has 0 amide bonds. The third-order valence-corrected chi connectivity index (χ3v) is 3.45. The summed E-state index contributed by atoms with van der Waals surface area (Å²) >= 11 is 1.69. The van der Waals surface area contributed by atoms with Gasteiger partial charge in [0.1, 0.15) is 0 Å². The first kappa shape index (κ1) is 8.80. The lowest BCUT2D eigenvalue weighted by atomic mass is 10.1. The number of nitrogens with zero attached hydrogens (tertiary/aromatic N) is 2. The summed E-state index contributed by atoms with van der Waals surface area (Å²) in [6, 6.07) is 6.22. The Bertz CT molecular complexity index is 655. The second-order valence-electron chi connectivity index (χ2n) is 3.74. The molecule has 3 aromatic rings. The van der Waals surface area contributed by atoms with Crippen LogP contribution in [0.5, 0.6) is 0 Å². The predicted octanol–water partition coefficient (Wildman–Crippen LogP) is 3.46. The van der Waals surface area contributed by atoms with Crippen LogP contribution in [0.4, 0.5) is 0 Å². The van der Waals surface area contributed by atoms with E-state index in [1.165, 1.54) is 15.6 Å². The van der Waals surface area contributed by atoms with Gasteiger partial charge in [-0.15, -0.1) is 11.3 Å². The number of aryl methyl sites for hydroxylation is 2. The van der Waals surface area contributed by atoms with E-state index in [4.69, 9.17) is 0 Å². The maximum absolute atomic E-state index is 4.55. The molecule has 74 valence electrons. The van der Waals surface area contributed by atoms with E-state index in [-0.39, 0.29) is 0 Å². The summed E-state index contributed by atoms with van der Waals surface area (Å²) in [5.41, 5.74) is 6.39. The van der Waals surface area contributed by atoms with E-state index in [0.717, 1.165) is 16.7 Å². The van der Waals surface area contributed by atoms with Crippen molar-refractivity contribution in [3.05, 3.63) is 35.0 Å². The van der Waals surface area contributed by atoms with E-state index >= 15 is 0 Å². The van der Waals surface area contributed by atoms with Gasteiger partial charge in [-0.2, -0.15) is 0 Å². The maximum Gasteiger partial charge on any atom is 0.0819 e. The fourth-order valence-corrected chi connectivity index (χ4v) is 2.90. The van der Waals surface area contributed by atoms with Gasteiger partial charge in [-0.1, -0.05) is 0 Å². The number of hydrogen-bond acceptors (Lipinski definition) is 3. The largest absolute Gasteiger partial charge is 0.253 e. The molecule has 2 nitrogen and oxygen atoms in total. The molecule has 0 atom stereocenters. The number of pyridine rings is 1. The molecule has 0 aliphatic rings. The van der Waals surface area contributed by atoms with Crippen molar-refractivity contribution in [1.82, 2.24) is 9.97 Å². The summed E-state index contributed by atoms with van der Waals surface area (Å²) in [5.74, 6) is 0. The number of rotatable bonds is 0. The first-order valence-corrected chi connectivity index (χ1v) is 5.74. The van der Waals surface area contributed by atoms with Gasteiger partial charge in [0.15, 0.2) is 0 Å². The molecule has 3 heteroatoms. The van der Waals surface area contributed by atoms with Gasteiger partial charge < -0.3 is 0 Å². The molecular weight excluding hydrogens is 204 g/mol. The summed E-state index contributed by atoms with van der Waals surface area (Å²) in [6.45, 7) is 4.17. The Labute approximate surface area is 91.6 Å². The summed E-state index contributed by atoms with van der Waals surface area (Å²) in [5, 5.41) is 1.25. The van der Waals surface area contributed by atoms with Crippen LogP contribution in [0, 0.1) is 13.8 Å². The average Bonchev–Trinajstić information content (AvgIpc) is 2.63. The summed E-state index contributed by atoms with van der Waals surface area (Å²) in [4.78, 5) is 8.87. The number of aromatic nitrogens is 2. The molecule has 0 saturated heterocycles. The van der Waals surface area contributed by atoms with E-state index in [1.807, 2.05) is 18.5 Å². The molecule has 3 rings (SSSR count). The fraction of sp³-hybridized carbons (Fsp3) is 0.167. The minimum atomic E-state index is 1.07. The van der Waals surface area contributed by atoms with Gasteiger partial charge in [0, 0.05) is 11.1 Å². The van der Waals surface area contributed by atoms with Crippen molar-refractivity contribution in [2.24, 2.45) is 0 Å². The predicted molar refractivity (Wildman–Crippen MR) is 64.4 cm³/mol. The Morgan fingerprint density at radius 1 is 1.13 bits per heavy atom. The number of thiazole rings is 1. The van der Waals surface area contributed by atoms with Gasteiger partial charge in [-0.25, -0.2) is 4.98 Å². The third kappa shape index (κ3) is 1.23. The van der Waals surface area contributed by atoms with Crippen molar-refractivity contribution in [1.29, 1.82) is 0 Å². The molecule has 2 heterocycles. The second kappa shape index (κ2) is 3.00. The van der Waals surface area contributed by atoms with Gasteiger partial charge in [0.2, 0.25) is 0 Å². The topological polar surface area (TPSA) is 25.8 Å². The zero-order chi connectivity index (χ0) is 10.4. The molecule has 0 aliphatic heterocycles. The Kier molecular flexibility index (Phi) is 1.76. The summed E-state index contributed by atoms with van der Waals surface area (Å²) in [6.07, 6.45) is 0. The van der Waals surface area contributed by atoms with Gasteiger partial charge in [-0.05, 0) is 37.6 Å². The Hall–Kier alpha value is -1.48. The van der Waals surface area contributed by atoms with Crippen LogP contribution < -0.4 is 0 Å². The summed E-state index contributed by atoms with van der Waals surface area (Å²) < 4.78 is 1.25. The van der Waals surface area contributed by atoms with Crippen LogP contribution in [-0.2, 0) is 0 Å². The molecule has 0 spiro atoms. The minimum absolute atomic E-state index is 1.07. The molecule has 0 radical (unpaired) electrons. The highest BCUT2D eigenvalue weighted by Crippen LogP contribution is 2.29. The zero-order valence-corrected chi connectivity index (χ0v) is 9.43. The number of fused-ring (bicyclic) bond motifs is 3. The Morgan fingerprint density at radius 3 is 2.80 bits per heavy atom. The van der Waals surface area contributed by atoms with Gasteiger partial charge in [-0.3, -0.25) is 4.98 Å². The summed E-state index contributed by atoms with van der Waals surface area (Å²) in [7, 11) is 0. The van der Waals surface area contributed by atoms with Crippen LogP contribution in [0.3, 0.4) is 0 Å². The normalized spacial score (nSPS) is 11.3. The lowest BCUT2D eigenvalue weighted by molar-refractivity contribution is 1.24. The zero-order valence-electron chi connectivity index (χ0n) is 8.61. The lowest BCUT2D eigenvalue weighted by Crippen LogP contribution is -1.87. The molecule has 0 unspecified atom stereocenters. The van der Waals surface area contributed by atoms with Crippen LogP contribution in [0.2, 0.25) is 0 Å². The van der Waals surface area contributed by atoms with Crippen LogP contribution in [-0.4, -0.2) is 9.97 Å². The van der Waals surface area contributed by atoms with Crippen molar-refractivity contribution in [3.8, 4) is 0 Å². The number of benzene rings is 1. The van der Waals surface area contributed by atoms with Crippen molar-refractivity contribution in [2.75, 3.05) is 0 Å². The molecule has 0 saturated carbocycles. The highest BCUT2D eigenvalue weighted by atomic mass is 32.1. The van der Waals surface area contributed by atoms with Crippen LogP contribution >= 0.6 is 11.3 Å². The molecule has 0 fully saturated rings. The maximum atomic E-state index is 4.55. The fourth-order valence-electron chi connectivity index (χ4n) is 2.00. The van der Waals surface area contributed by atoms with Crippen LogP contribution in [0.25, 0.3) is 21.1 Å². The van der Waals surface area contributed by atoms with E-state index < -0.39 is 0 Å². The second-order valence-corrected chi connectivity index (χ2v) is 4.60. The van der Waals surface area contributed by atoms with E-state index in [0.29, 0.717) is 0 Å². The standard InChI is InChI=1S/C12H10N2S/c1-7-5-8(2)14-9-3-4-10-12(11(7)9)15-6-13-10/h3-6H,1-2H3. The van der Waals surface area contributed by atoms with E-state index in [1.54, 1.807) is 11.3 Å².